The van der Waals surface area contributed by atoms with E-state index in [1.165, 1.54) is 19.2 Å². The molecule has 0 radical (unpaired) electrons. The molecule has 1 saturated heterocycles. The molecule has 1 atom stereocenters. The second kappa shape index (κ2) is 9.79. The molecule has 2 aliphatic rings. The molecule has 172 valence electrons. The van der Waals surface area contributed by atoms with Gasteiger partial charge in [0.15, 0.2) is 0 Å². The Morgan fingerprint density at radius 2 is 1.91 bits per heavy atom. The molecule has 1 aliphatic carbocycles. The predicted octanol–water partition coefficient (Wildman–Crippen LogP) is 3.36. The third-order valence-corrected chi connectivity index (χ3v) is 7.80. The van der Waals surface area contributed by atoms with Gasteiger partial charge in [0.1, 0.15) is 10.6 Å². The van der Waals surface area contributed by atoms with E-state index in [9.17, 15) is 13.2 Å². The average Bonchev–Trinajstić information content (AvgIpc) is 3.42. The predicted molar refractivity (Wildman–Crippen MR) is 124 cm³/mol. The van der Waals surface area contributed by atoms with E-state index in [4.69, 9.17) is 16.3 Å². The molecule has 2 fully saturated rings. The van der Waals surface area contributed by atoms with E-state index in [2.05, 4.69) is 14.9 Å². The monoisotopic (exact) mass is 477 g/mol. The van der Waals surface area contributed by atoms with E-state index in [-0.39, 0.29) is 34.2 Å². The summed E-state index contributed by atoms with van der Waals surface area (Å²) in [6.45, 7) is 2.27. The number of carbonyl (C=O) groups is 1. The van der Waals surface area contributed by atoms with Gasteiger partial charge in [-0.1, -0.05) is 29.8 Å². The van der Waals surface area contributed by atoms with Gasteiger partial charge >= 0.3 is 0 Å². The lowest BCUT2D eigenvalue weighted by Crippen LogP contribution is -2.37. The van der Waals surface area contributed by atoms with Crippen molar-refractivity contribution in [2.45, 2.75) is 42.7 Å². The number of nitrogens with one attached hydrogen (secondary N) is 2. The summed E-state index contributed by atoms with van der Waals surface area (Å²) in [6, 6.07) is 12.0. The number of halogens is 1. The van der Waals surface area contributed by atoms with Gasteiger partial charge in [-0.25, -0.2) is 13.1 Å². The van der Waals surface area contributed by atoms with Gasteiger partial charge in [0.25, 0.3) is 5.91 Å². The zero-order valence-corrected chi connectivity index (χ0v) is 19.6. The Morgan fingerprint density at radius 1 is 1.19 bits per heavy atom. The van der Waals surface area contributed by atoms with E-state index in [1.807, 2.05) is 24.3 Å². The van der Waals surface area contributed by atoms with Crippen molar-refractivity contribution in [1.82, 2.24) is 14.9 Å². The molecule has 1 amide bonds. The third kappa shape index (κ3) is 5.26. The molecule has 0 spiro atoms. The molecule has 1 unspecified atom stereocenters. The summed E-state index contributed by atoms with van der Waals surface area (Å²) in [5.74, 6) is -0.132. The van der Waals surface area contributed by atoms with Crippen LogP contribution >= 0.6 is 11.6 Å². The average molecular weight is 478 g/mol. The lowest BCUT2D eigenvalue weighted by molar-refractivity contribution is 0.0937. The Labute approximate surface area is 194 Å². The maximum Gasteiger partial charge on any atom is 0.251 e. The van der Waals surface area contributed by atoms with Crippen LogP contribution in [0.2, 0.25) is 5.02 Å². The molecule has 9 heteroatoms. The van der Waals surface area contributed by atoms with Crippen molar-refractivity contribution in [1.29, 1.82) is 0 Å². The lowest BCUT2D eigenvalue weighted by Gasteiger charge is -2.29. The van der Waals surface area contributed by atoms with E-state index < -0.39 is 10.0 Å². The summed E-state index contributed by atoms with van der Waals surface area (Å²) in [5, 5.41) is 3.64. The fourth-order valence-corrected chi connectivity index (χ4v) is 5.80. The number of amides is 1. The van der Waals surface area contributed by atoms with Crippen molar-refractivity contribution < 1.29 is 17.9 Å². The van der Waals surface area contributed by atoms with Crippen LogP contribution in [0, 0.1) is 0 Å². The Hall–Kier alpha value is -2.13. The van der Waals surface area contributed by atoms with E-state index in [1.54, 1.807) is 6.07 Å². The highest BCUT2D eigenvalue weighted by atomic mass is 35.5. The highest BCUT2D eigenvalue weighted by Gasteiger charge is 2.31. The van der Waals surface area contributed by atoms with Gasteiger partial charge in [-0.05, 0) is 68.6 Å². The van der Waals surface area contributed by atoms with Gasteiger partial charge in [0.05, 0.1) is 13.2 Å². The summed E-state index contributed by atoms with van der Waals surface area (Å²) in [5.41, 5.74) is 1.24. The molecule has 1 saturated carbocycles. The molecule has 4 rings (SSSR count). The number of rotatable bonds is 9. The summed E-state index contributed by atoms with van der Waals surface area (Å²) >= 11 is 6.45. The first-order valence-electron chi connectivity index (χ1n) is 10.9. The Morgan fingerprint density at radius 3 is 2.56 bits per heavy atom. The van der Waals surface area contributed by atoms with Gasteiger partial charge in [0.2, 0.25) is 10.0 Å². The molecule has 2 N–H and O–H groups in total. The number of carbonyl (C=O) groups excluding carboxylic acids is 1. The SMILES string of the molecule is COc1ccc(C(=O)NCC(c2ccccc2Cl)N2CCCC2)cc1S(=O)(=O)NC1CC1. The fraction of sp³-hybridized carbons (Fsp3) is 0.435. The van der Waals surface area contributed by atoms with E-state index in [0.29, 0.717) is 11.6 Å². The third-order valence-electron chi connectivity index (χ3n) is 5.92. The summed E-state index contributed by atoms with van der Waals surface area (Å²) in [4.78, 5) is 15.3. The first kappa shape index (κ1) is 23.0. The van der Waals surface area contributed by atoms with Crippen LogP contribution in [-0.4, -0.2) is 52.0 Å². The normalized spacial score (nSPS) is 17.8. The maximum atomic E-state index is 13.0. The number of methoxy groups -OCH3 is 1. The van der Waals surface area contributed by atoms with Crippen LogP contribution in [-0.2, 0) is 10.0 Å². The number of ether oxygens (including phenoxy) is 1. The number of nitrogens with zero attached hydrogens (tertiary/aromatic N) is 1. The molecule has 0 bridgehead atoms. The van der Waals surface area contributed by atoms with Crippen LogP contribution < -0.4 is 14.8 Å². The van der Waals surface area contributed by atoms with Crippen LogP contribution in [0.1, 0.15) is 47.6 Å². The number of benzene rings is 2. The second-order valence-corrected chi connectivity index (χ2v) is 10.3. The molecule has 7 nitrogen and oxygen atoms in total. The number of hydrogen-bond donors (Lipinski definition) is 2. The van der Waals surface area contributed by atoms with Crippen molar-refractivity contribution in [3.63, 3.8) is 0 Å². The zero-order valence-electron chi connectivity index (χ0n) is 18.0. The molecule has 1 aliphatic heterocycles. The van der Waals surface area contributed by atoms with Crippen LogP contribution in [0.3, 0.4) is 0 Å². The summed E-state index contributed by atoms with van der Waals surface area (Å²) < 4.78 is 33.4. The summed E-state index contributed by atoms with van der Waals surface area (Å²) in [6.07, 6.45) is 3.87. The minimum absolute atomic E-state index is 0.0262. The largest absolute Gasteiger partial charge is 0.495 e. The van der Waals surface area contributed by atoms with Crippen molar-refractivity contribution >= 4 is 27.5 Å². The minimum atomic E-state index is -3.77. The maximum absolute atomic E-state index is 13.0. The van der Waals surface area contributed by atoms with Gasteiger partial charge < -0.3 is 10.1 Å². The van der Waals surface area contributed by atoms with Gasteiger partial charge in [0, 0.05) is 23.2 Å². The van der Waals surface area contributed by atoms with Gasteiger partial charge in [-0.2, -0.15) is 0 Å². The Bertz CT molecular complexity index is 1080. The topological polar surface area (TPSA) is 87.7 Å². The van der Waals surface area contributed by atoms with Crippen LogP contribution in [0.4, 0.5) is 0 Å². The quantitative estimate of drug-likeness (QED) is 0.578. The molecule has 2 aromatic rings. The Kier molecular flexibility index (Phi) is 7.05. The van der Waals surface area contributed by atoms with Gasteiger partial charge in [-0.3, -0.25) is 9.69 Å². The van der Waals surface area contributed by atoms with Crippen molar-refractivity contribution in [2.24, 2.45) is 0 Å². The molecule has 0 aromatic heterocycles. The summed E-state index contributed by atoms with van der Waals surface area (Å²) in [7, 11) is -2.36. The molecule has 1 heterocycles. The molecule has 2 aromatic carbocycles. The molecular weight excluding hydrogens is 450 g/mol. The zero-order chi connectivity index (χ0) is 22.7. The van der Waals surface area contributed by atoms with Gasteiger partial charge in [-0.15, -0.1) is 0 Å². The molecule has 32 heavy (non-hydrogen) atoms. The number of hydrogen-bond acceptors (Lipinski definition) is 5. The number of likely N-dealkylation sites (tertiary alicyclic amines) is 1. The van der Waals surface area contributed by atoms with E-state index >= 15 is 0 Å². The second-order valence-electron chi connectivity index (χ2n) is 8.25. The first-order valence-corrected chi connectivity index (χ1v) is 12.7. The minimum Gasteiger partial charge on any atom is -0.495 e. The van der Waals surface area contributed by atoms with Crippen LogP contribution in [0.5, 0.6) is 5.75 Å². The standard InChI is InChI=1S/C23H28ClN3O4S/c1-31-21-11-8-16(14-22(21)32(29,30)26-17-9-10-17)23(28)25-15-20(27-12-4-5-13-27)18-6-2-3-7-19(18)24/h2-3,6-8,11,14,17,20,26H,4-5,9-10,12-13,15H2,1H3,(H,25,28). The lowest BCUT2D eigenvalue weighted by atomic mass is 10.0. The van der Waals surface area contributed by atoms with Crippen molar-refractivity contribution in [3.8, 4) is 5.75 Å². The van der Waals surface area contributed by atoms with E-state index in [0.717, 1.165) is 44.3 Å². The van der Waals surface area contributed by atoms with Crippen molar-refractivity contribution in [2.75, 3.05) is 26.7 Å². The molecular formula is C23H28ClN3O4S. The fourth-order valence-electron chi connectivity index (χ4n) is 4.04. The van der Waals surface area contributed by atoms with Crippen LogP contribution in [0.25, 0.3) is 0 Å². The first-order chi connectivity index (χ1) is 15.4. The highest BCUT2D eigenvalue weighted by Crippen LogP contribution is 2.31. The Balaban J connectivity index is 1.53. The van der Waals surface area contributed by atoms with Crippen molar-refractivity contribution in [3.05, 3.63) is 58.6 Å². The highest BCUT2D eigenvalue weighted by molar-refractivity contribution is 7.89. The number of sulfonamides is 1. The van der Waals surface area contributed by atoms with Crippen LogP contribution in [0.15, 0.2) is 47.4 Å². The smallest absolute Gasteiger partial charge is 0.251 e.